The van der Waals surface area contributed by atoms with Crippen LogP contribution in [0.4, 0.5) is 5.95 Å². The van der Waals surface area contributed by atoms with E-state index in [9.17, 15) is 0 Å². The third kappa shape index (κ3) is 2.79. The molecule has 0 fully saturated rings. The molecule has 0 radical (unpaired) electrons. The molecule has 0 amide bonds. The quantitative estimate of drug-likeness (QED) is 0.842. The van der Waals surface area contributed by atoms with Crippen LogP contribution < -0.4 is 5.32 Å². The van der Waals surface area contributed by atoms with Gasteiger partial charge in [-0.2, -0.15) is 0 Å². The number of anilines is 1. The first-order chi connectivity index (χ1) is 7.74. The highest BCUT2D eigenvalue weighted by atomic mass is 15.1. The Balaban J connectivity index is 1.94. The zero-order valence-electron chi connectivity index (χ0n) is 9.46. The molecule has 2 aromatic rings. The van der Waals surface area contributed by atoms with Crippen molar-refractivity contribution in [1.29, 1.82) is 0 Å². The van der Waals surface area contributed by atoms with Gasteiger partial charge in [0.15, 0.2) is 0 Å². The maximum atomic E-state index is 4.30. The largest absolute Gasteiger partial charge is 0.350 e. The van der Waals surface area contributed by atoms with Crippen molar-refractivity contribution in [2.75, 3.05) is 5.32 Å². The summed E-state index contributed by atoms with van der Waals surface area (Å²) in [6, 6.07) is 2.14. The average molecular weight is 217 g/mol. The molecule has 0 saturated carbocycles. The number of aromatic nitrogens is 4. The van der Waals surface area contributed by atoms with Gasteiger partial charge >= 0.3 is 0 Å². The smallest absolute Gasteiger partial charge is 0.223 e. The normalized spacial score (nSPS) is 12.4. The van der Waals surface area contributed by atoms with Crippen molar-refractivity contribution in [3.63, 3.8) is 0 Å². The number of aryl methyl sites for hydroxylation is 1. The summed E-state index contributed by atoms with van der Waals surface area (Å²) in [7, 11) is 0. The van der Waals surface area contributed by atoms with Crippen LogP contribution in [0.5, 0.6) is 0 Å². The van der Waals surface area contributed by atoms with Crippen molar-refractivity contribution in [3.05, 3.63) is 36.7 Å². The maximum absolute atomic E-state index is 4.30. The van der Waals surface area contributed by atoms with Crippen LogP contribution in [0.2, 0.25) is 0 Å². The fourth-order valence-corrected chi connectivity index (χ4v) is 1.50. The molecule has 2 rings (SSSR count). The topological polar surface area (TPSA) is 55.6 Å². The van der Waals surface area contributed by atoms with Crippen molar-refractivity contribution in [3.8, 4) is 0 Å². The van der Waals surface area contributed by atoms with Gasteiger partial charge in [-0.25, -0.2) is 15.0 Å². The van der Waals surface area contributed by atoms with E-state index < -0.39 is 0 Å². The summed E-state index contributed by atoms with van der Waals surface area (Å²) in [6.45, 7) is 4.89. The van der Waals surface area contributed by atoms with Crippen molar-refractivity contribution in [2.45, 2.75) is 26.4 Å². The molecule has 2 heterocycles. The Labute approximate surface area is 94.6 Å². The average Bonchev–Trinajstić information content (AvgIpc) is 2.70. The molecule has 0 aliphatic carbocycles. The molecule has 0 aliphatic heterocycles. The number of nitrogens with zero attached hydrogens (tertiary/aromatic N) is 4. The summed E-state index contributed by atoms with van der Waals surface area (Å²) in [4.78, 5) is 12.5. The molecule has 0 spiro atoms. The minimum Gasteiger partial charge on any atom is -0.350 e. The van der Waals surface area contributed by atoms with E-state index >= 15 is 0 Å². The number of nitrogens with one attached hydrogen (secondary N) is 1. The van der Waals surface area contributed by atoms with Gasteiger partial charge in [0.05, 0.1) is 6.33 Å². The lowest BCUT2D eigenvalue weighted by atomic mass is 10.3. The van der Waals surface area contributed by atoms with Gasteiger partial charge in [0.25, 0.3) is 0 Å². The predicted octanol–water partition coefficient (Wildman–Crippen LogP) is 1.48. The SMILES string of the molecule is Cc1ccnc(NC(C)Cn2ccnc2)n1. The first kappa shape index (κ1) is 10.6. The Morgan fingerprint density at radius 3 is 3.00 bits per heavy atom. The fraction of sp³-hybridized carbons (Fsp3) is 0.364. The molecule has 16 heavy (non-hydrogen) atoms. The van der Waals surface area contributed by atoms with E-state index in [1.807, 2.05) is 23.8 Å². The lowest BCUT2D eigenvalue weighted by molar-refractivity contribution is 0.614. The molecular weight excluding hydrogens is 202 g/mol. The molecule has 1 unspecified atom stereocenters. The van der Waals surface area contributed by atoms with Crippen molar-refractivity contribution < 1.29 is 0 Å². The van der Waals surface area contributed by atoms with Crippen LogP contribution in [0.25, 0.3) is 0 Å². The fourth-order valence-electron chi connectivity index (χ4n) is 1.50. The van der Waals surface area contributed by atoms with E-state index in [2.05, 4.69) is 27.2 Å². The van der Waals surface area contributed by atoms with Gasteiger partial charge in [-0.15, -0.1) is 0 Å². The van der Waals surface area contributed by atoms with Gasteiger partial charge in [0, 0.05) is 36.9 Å². The minimum atomic E-state index is 0.260. The molecule has 5 heteroatoms. The van der Waals surface area contributed by atoms with Gasteiger partial charge in [-0.1, -0.05) is 0 Å². The Hall–Kier alpha value is -1.91. The lowest BCUT2D eigenvalue weighted by Gasteiger charge is -2.14. The first-order valence-electron chi connectivity index (χ1n) is 5.26. The third-order valence-corrected chi connectivity index (χ3v) is 2.21. The number of imidazole rings is 1. The van der Waals surface area contributed by atoms with Crippen LogP contribution in [0.15, 0.2) is 31.0 Å². The van der Waals surface area contributed by atoms with Gasteiger partial charge in [-0.3, -0.25) is 0 Å². The van der Waals surface area contributed by atoms with Crippen molar-refractivity contribution >= 4 is 5.95 Å². The predicted molar refractivity (Wildman–Crippen MR) is 62.1 cm³/mol. The van der Waals surface area contributed by atoms with E-state index in [4.69, 9.17) is 0 Å². The van der Waals surface area contributed by atoms with E-state index in [0.29, 0.717) is 5.95 Å². The Morgan fingerprint density at radius 1 is 1.44 bits per heavy atom. The number of hydrogen-bond acceptors (Lipinski definition) is 4. The number of rotatable bonds is 4. The molecule has 0 saturated heterocycles. The monoisotopic (exact) mass is 217 g/mol. The van der Waals surface area contributed by atoms with E-state index in [-0.39, 0.29) is 6.04 Å². The summed E-state index contributed by atoms with van der Waals surface area (Å²) in [6.07, 6.45) is 7.27. The second kappa shape index (κ2) is 4.74. The van der Waals surface area contributed by atoms with Crippen LogP contribution in [-0.4, -0.2) is 25.6 Å². The van der Waals surface area contributed by atoms with Crippen LogP contribution in [0.3, 0.4) is 0 Å². The minimum absolute atomic E-state index is 0.260. The van der Waals surface area contributed by atoms with Crippen molar-refractivity contribution in [2.24, 2.45) is 0 Å². The molecule has 1 atom stereocenters. The second-order valence-electron chi connectivity index (χ2n) is 3.83. The maximum Gasteiger partial charge on any atom is 0.223 e. The molecule has 5 nitrogen and oxygen atoms in total. The molecular formula is C11H15N5. The van der Waals surface area contributed by atoms with E-state index in [0.717, 1.165) is 12.2 Å². The van der Waals surface area contributed by atoms with E-state index in [1.54, 1.807) is 18.7 Å². The van der Waals surface area contributed by atoms with Gasteiger partial charge in [0.2, 0.25) is 5.95 Å². The Bertz CT molecular complexity index is 437. The summed E-state index contributed by atoms with van der Waals surface area (Å²) >= 11 is 0. The molecule has 1 N–H and O–H groups in total. The Kier molecular flexibility index (Phi) is 3.14. The Morgan fingerprint density at radius 2 is 2.31 bits per heavy atom. The summed E-state index contributed by atoms with van der Waals surface area (Å²) in [5.74, 6) is 0.674. The van der Waals surface area contributed by atoms with Crippen LogP contribution in [0.1, 0.15) is 12.6 Å². The van der Waals surface area contributed by atoms with Gasteiger partial charge in [0.1, 0.15) is 0 Å². The van der Waals surface area contributed by atoms with Crippen LogP contribution >= 0.6 is 0 Å². The highest BCUT2D eigenvalue weighted by molar-refractivity contribution is 5.25. The van der Waals surface area contributed by atoms with Crippen LogP contribution in [0, 0.1) is 6.92 Å². The summed E-state index contributed by atoms with van der Waals surface area (Å²) in [5.41, 5.74) is 0.965. The molecule has 2 aromatic heterocycles. The third-order valence-electron chi connectivity index (χ3n) is 2.21. The zero-order valence-corrected chi connectivity index (χ0v) is 9.46. The molecule has 0 bridgehead atoms. The number of hydrogen-bond donors (Lipinski definition) is 1. The van der Waals surface area contributed by atoms with E-state index in [1.165, 1.54) is 0 Å². The van der Waals surface area contributed by atoms with Gasteiger partial charge < -0.3 is 9.88 Å². The summed E-state index contributed by atoms with van der Waals surface area (Å²) < 4.78 is 2.02. The first-order valence-corrected chi connectivity index (χ1v) is 5.26. The summed E-state index contributed by atoms with van der Waals surface area (Å²) in [5, 5.41) is 3.25. The van der Waals surface area contributed by atoms with Gasteiger partial charge in [-0.05, 0) is 19.9 Å². The second-order valence-corrected chi connectivity index (χ2v) is 3.83. The van der Waals surface area contributed by atoms with Crippen LogP contribution in [-0.2, 0) is 6.54 Å². The zero-order chi connectivity index (χ0) is 11.4. The highest BCUT2D eigenvalue weighted by Crippen LogP contribution is 2.02. The van der Waals surface area contributed by atoms with Crippen molar-refractivity contribution in [1.82, 2.24) is 19.5 Å². The molecule has 0 aliphatic rings. The molecule has 0 aromatic carbocycles. The molecule has 84 valence electrons. The lowest BCUT2D eigenvalue weighted by Crippen LogP contribution is -2.22. The standard InChI is InChI=1S/C11H15N5/c1-9-3-4-13-11(14-9)15-10(2)7-16-6-5-12-8-16/h3-6,8,10H,7H2,1-2H3,(H,13,14,15). The highest BCUT2D eigenvalue weighted by Gasteiger charge is 2.04.